The van der Waals surface area contributed by atoms with Crippen LogP contribution in [0.15, 0.2) is 88.4 Å². The number of halogens is 1. The van der Waals surface area contributed by atoms with E-state index in [-0.39, 0.29) is 18.2 Å². The Morgan fingerprint density at radius 2 is 1.57 bits per heavy atom. The van der Waals surface area contributed by atoms with Gasteiger partial charge >= 0.3 is 0 Å². The van der Waals surface area contributed by atoms with Crippen molar-refractivity contribution in [3.63, 3.8) is 0 Å². The molecule has 0 atom stereocenters. The van der Waals surface area contributed by atoms with Gasteiger partial charge in [0.15, 0.2) is 0 Å². The number of amides is 2. The van der Waals surface area contributed by atoms with Crippen molar-refractivity contribution in [3.05, 3.63) is 100 Å². The molecule has 3 N–H and O–H groups in total. The van der Waals surface area contributed by atoms with E-state index in [1.165, 1.54) is 12.3 Å². The molecule has 0 aliphatic carbocycles. The van der Waals surface area contributed by atoms with Gasteiger partial charge in [-0.3, -0.25) is 9.59 Å². The Balaban J connectivity index is 1.60. The number of rotatable bonds is 7. The smallest absolute Gasteiger partial charge is 0.259 e. The summed E-state index contributed by atoms with van der Waals surface area (Å²) < 4.78 is 0.526. The Labute approximate surface area is 182 Å². The normalized spacial score (nSPS) is 10.9. The van der Waals surface area contributed by atoms with Crippen LogP contribution in [0, 0.1) is 0 Å². The molecule has 0 heterocycles. The van der Waals surface area contributed by atoms with Gasteiger partial charge < -0.3 is 10.4 Å². The van der Waals surface area contributed by atoms with Crippen molar-refractivity contribution in [1.82, 2.24) is 10.7 Å². The lowest BCUT2D eigenvalue weighted by Gasteiger charge is -2.17. The van der Waals surface area contributed by atoms with Crippen LogP contribution in [0.3, 0.4) is 0 Å². The number of benzene rings is 3. The highest BCUT2D eigenvalue weighted by Gasteiger charge is 2.22. The van der Waals surface area contributed by atoms with Gasteiger partial charge in [0.2, 0.25) is 5.91 Å². The van der Waals surface area contributed by atoms with E-state index < -0.39 is 11.8 Å². The first kappa shape index (κ1) is 21.3. The Bertz CT molecular complexity index is 1000. The number of hydrogen-bond acceptors (Lipinski definition) is 4. The molecule has 3 aromatic carbocycles. The fraction of sp³-hybridized carbons (Fsp3) is 0.0870. The second-order valence-electron chi connectivity index (χ2n) is 6.48. The lowest BCUT2D eigenvalue weighted by atomic mass is 9.90. The van der Waals surface area contributed by atoms with Gasteiger partial charge in [0.1, 0.15) is 5.75 Å². The van der Waals surface area contributed by atoms with Crippen molar-refractivity contribution in [3.8, 4) is 5.75 Å². The average Bonchev–Trinajstić information content (AvgIpc) is 2.76. The summed E-state index contributed by atoms with van der Waals surface area (Å²) in [5.74, 6) is -1.12. The molecule has 0 aliphatic rings. The maximum Gasteiger partial charge on any atom is 0.259 e. The van der Waals surface area contributed by atoms with Crippen LogP contribution in [0.5, 0.6) is 5.75 Å². The summed E-state index contributed by atoms with van der Waals surface area (Å²) in [5, 5.41) is 16.0. The van der Waals surface area contributed by atoms with Crippen molar-refractivity contribution >= 4 is 34.0 Å². The molecular formula is C23H20BrN3O3. The molecule has 0 saturated heterocycles. The fourth-order valence-corrected chi connectivity index (χ4v) is 3.27. The third-order valence-electron chi connectivity index (χ3n) is 4.33. The monoisotopic (exact) mass is 465 g/mol. The lowest BCUT2D eigenvalue weighted by molar-refractivity contribution is -0.126. The molecule has 30 heavy (non-hydrogen) atoms. The molecule has 3 rings (SSSR count). The predicted octanol–water partition coefficient (Wildman–Crippen LogP) is 3.55. The number of phenols is 1. The number of carbonyl (C=O) groups excluding carboxylic acids is 2. The second kappa shape index (κ2) is 10.4. The lowest BCUT2D eigenvalue weighted by Crippen LogP contribution is -2.37. The SMILES string of the molecule is O=C(CNC(=O)C(c1ccccc1)c1ccccc1)NN=Cc1ccc(O)c(Br)c1. The Kier molecular flexibility index (Phi) is 7.34. The van der Waals surface area contributed by atoms with Gasteiger partial charge in [-0.15, -0.1) is 0 Å². The first-order valence-corrected chi connectivity index (χ1v) is 10.0. The minimum Gasteiger partial charge on any atom is -0.507 e. The van der Waals surface area contributed by atoms with E-state index in [2.05, 4.69) is 31.8 Å². The van der Waals surface area contributed by atoms with E-state index in [1.807, 2.05) is 60.7 Å². The number of carbonyl (C=O) groups is 2. The van der Waals surface area contributed by atoms with Gasteiger partial charge in [0.05, 0.1) is 23.1 Å². The highest BCUT2D eigenvalue weighted by atomic mass is 79.9. The van der Waals surface area contributed by atoms with Crippen LogP contribution in [0.1, 0.15) is 22.6 Å². The third kappa shape index (κ3) is 5.78. The van der Waals surface area contributed by atoms with Crippen molar-refractivity contribution in [1.29, 1.82) is 0 Å². The van der Waals surface area contributed by atoms with Gasteiger partial charge in [-0.1, -0.05) is 60.7 Å². The van der Waals surface area contributed by atoms with Crippen molar-refractivity contribution in [2.75, 3.05) is 6.54 Å². The summed E-state index contributed by atoms with van der Waals surface area (Å²) >= 11 is 3.21. The highest BCUT2D eigenvalue weighted by Crippen LogP contribution is 2.25. The summed E-state index contributed by atoms with van der Waals surface area (Å²) in [6, 6.07) is 23.7. The van der Waals surface area contributed by atoms with Crippen LogP contribution >= 0.6 is 15.9 Å². The topological polar surface area (TPSA) is 90.8 Å². The predicted molar refractivity (Wildman–Crippen MR) is 119 cm³/mol. The minimum absolute atomic E-state index is 0.116. The number of aromatic hydroxyl groups is 1. The number of nitrogens with zero attached hydrogens (tertiary/aromatic N) is 1. The molecule has 0 bridgehead atoms. The van der Waals surface area contributed by atoms with Gasteiger partial charge in [0.25, 0.3) is 5.91 Å². The minimum atomic E-state index is -0.516. The standard InChI is InChI=1S/C23H20BrN3O3/c24-19-13-16(11-12-20(19)28)14-26-27-21(29)15-25-23(30)22(17-7-3-1-4-8-17)18-9-5-2-6-10-18/h1-14,22,28H,15H2,(H,25,30)(H,27,29). The molecule has 2 amide bonds. The van der Waals surface area contributed by atoms with Crippen LogP contribution in [-0.4, -0.2) is 29.7 Å². The van der Waals surface area contributed by atoms with Gasteiger partial charge in [-0.05, 0) is 50.8 Å². The zero-order chi connectivity index (χ0) is 21.3. The average molecular weight is 466 g/mol. The quantitative estimate of drug-likeness (QED) is 0.368. The maximum absolute atomic E-state index is 12.9. The first-order chi connectivity index (χ1) is 14.5. The van der Waals surface area contributed by atoms with E-state index in [0.717, 1.165) is 11.1 Å². The largest absolute Gasteiger partial charge is 0.507 e. The summed E-state index contributed by atoms with van der Waals surface area (Å²) in [6.07, 6.45) is 1.45. The van der Waals surface area contributed by atoms with Crippen molar-refractivity contribution in [2.45, 2.75) is 5.92 Å². The Morgan fingerprint density at radius 3 is 2.13 bits per heavy atom. The summed E-state index contributed by atoms with van der Waals surface area (Å²) in [5.41, 5.74) is 4.76. The highest BCUT2D eigenvalue weighted by molar-refractivity contribution is 9.10. The number of hydrazone groups is 1. The molecule has 0 unspecified atom stereocenters. The second-order valence-corrected chi connectivity index (χ2v) is 7.33. The van der Waals surface area contributed by atoms with Crippen LogP contribution in [-0.2, 0) is 9.59 Å². The van der Waals surface area contributed by atoms with Gasteiger partial charge in [0, 0.05) is 0 Å². The number of hydrogen-bond donors (Lipinski definition) is 3. The van der Waals surface area contributed by atoms with E-state index in [1.54, 1.807) is 12.1 Å². The third-order valence-corrected chi connectivity index (χ3v) is 4.96. The van der Waals surface area contributed by atoms with Crippen molar-refractivity contribution < 1.29 is 14.7 Å². The van der Waals surface area contributed by atoms with Crippen molar-refractivity contribution in [2.24, 2.45) is 5.10 Å². The molecule has 152 valence electrons. The molecule has 0 spiro atoms. The van der Waals surface area contributed by atoms with E-state index in [4.69, 9.17) is 0 Å². The first-order valence-electron chi connectivity index (χ1n) is 9.22. The molecule has 3 aromatic rings. The van der Waals surface area contributed by atoms with Crippen LogP contribution in [0.25, 0.3) is 0 Å². The van der Waals surface area contributed by atoms with E-state index >= 15 is 0 Å². The molecule has 7 heteroatoms. The molecule has 0 radical (unpaired) electrons. The number of nitrogens with one attached hydrogen (secondary N) is 2. The molecular weight excluding hydrogens is 446 g/mol. The van der Waals surface area contributed by atoms with Crippen LogP contribution in [0.2, 0.25) is 0 Å². The molecule has 0 aliphatic heterocycles. The zero-order valence-electron chi connectivity index (χ0n) is 16.0. The molecule has 6 nitrogen and oxygen atoms in total. The summed E-state index contributed by atoms with van der Waals surface area (Å²) in [7, 11) is 0. The van der Waals surface area contributed by atoms with Crippen LogP contribution < -0.4 is 10.7 Å². The number of phenolic OH excluding ortho intramolecular Hbond substituents is 1. The molecule has 0 fully saturated rings. The summed E-state index contributed by atoms with van der Waals surface area (Å²) in [6.45, 7) is -0.203. The van der Waals surface area contributed by atoms with Crippen LogP contribution in [0.4, 0.5) is 0 Å². The summed E-state index contributed by atoms with van der Waals surface area (Å²) in [4.78, 5) is 24.9. The van der Waals surface area contributed by atoms with Gasteiger partial charge in [-0.2, -0.15) is 5.10 Å². The van der Waals surface area contributed by atoms with E-state index in [0.29, 0.717) is 10.0 Å². The fourth-order valence-electron chi connectivity index (χ4n) is 2.88. The Morgan fingerprint density at radius 1 is 0.967 bits per heavy atom. The Hall–Kier alpha value is -3.45. The molecule has 0 aromatic heterocycles. The van der Waals surface area contributed by atoms with E-state index in [9.17, 15) is 14.7 Å². The zero-order valence-corrected chi connectivity index (χ0v) is 17.5. The van der Waals surface area contributed by atoms with Gasteiger partial charge in [-0.25, -0.2) is 5.43 Å². The maximum atomic E-state index is 12.9. The molecule has 0 saturated carbocycles.